The molecule has 0 aliphatic carbocycles. The summed E-state index contributed by atoms with van der Waals surface area (Å²) in [5.74, 6) is -1.77. The largest absolute Gasteiger partial charge is 0.322 e. The van der Waals surface area contributed by atoms with Crippen LogP contribution in [0.25, 0.3) is 0 Å². The number of carbonyl (C=O) groups is 1. The van der Waals surface area contributed by atoms with Crippen LogP contribution < -0.4 is 5.32 Å². The molecule has 0 fully saturated rings. The summed E-state index contributed by atoms with van der Waals surface area (Å²) in [5, 5.41) is 2.34. The summed E-state index contributed by atoms with van der Waals surface area (Å²) in [6.45, 7) is 0. The maximum atomic E-state index is 13.3. The molecule has 0 radical (unpaired) electrons. The lowest BCUT2D eigenvalue weighted by molar-refractivity contribution is 0.102. The second-order valence-corrected chi connectivity index (χ2v) is 4.52. The van der Waals surface area contributed by atoms with Gasteiger partial charge in [-0.1, -0.05) is 23.2 Å². The van der Waals surface area contributed by atoms with Crippen molar-refractivity contribution in [3.05, 3.63) is 63.6 Å². The van der Waals surface area contributed by atoms with Crippen LogP contribution in [0, 0.1) is 11.6 Å². The number of hydrogen-bond acceptors (Lipinski definition) is 1. The van der Waals surface area contributed by atoms with Gasteiger partial charge in [-0.15, -0.1) is 0 Å². The smallest absolute Gasteiger partial charge is 0.257 e. The maximum absolute atomic E-state index is 13.3. The molecule has 2 rings (SSSR count). The van der Waals surface area contributed by atoms with Crippen molar-refractivity contribution in [2.75, 3.05) is 5.32 Å². The lowest BCUT2D eigenvalue weighted by Crippen LogP contribution is -2.12. The van der Waals surface area contributed by atoms with E-state index in [0.29, 0.717) is 5.69 Å². The molecule has 98 valence electrons. The van der Waals surface area contributed by atoms with Gasteiger partial charge in [-0.05, 0) is 36.4 Å². The van der Waals surface area contributed by atoms with E-state index in [1.807, 2.05) is 0 Å². The fourth-order valence-electron chi connectivity index (χ4n) is 1.43. The molecule has 0 unspecified atom stereocenters. The van der Waals surface area contributed by atoms with E-state index in [1.54, 1.807) is 0 Å². The first-order valence-electron chi connectivity index (χ1n) is 5.19. The molecule has 0 aliphatic heterocycles. The van der Waals surface area contributed by atoms with Gasteiger partial charge in [-0.2, -0.15) is 0 Å². The van der Waals surface area contributed by atoms with Crippen LogP contribution in [0.3, 0.4) is 0 Å². The Bertz CT molecular complexity index is 629. The van der Waals surface area contributed by atoms with Gasteiger partial charge in [0.15, 0.2) is 0 Å². The Kier molecular flexibility index (Phi) is 4.02. The van der Waals surface area contributed by atoms with E-state index < -0.39 is 17.5 Å². The van der Waals surface area contributed by atoms with E-state index in [9.17, 15) is 13.6 Å². The highest BCUT2D eigenvalue weighted by molar-refractivity contribution is 6.37. The molecule has 0 saturated carbocycles. The predicted molar refractivity (Wildman–Crippen MR) is 70.8 cm³/mol. The molecule has 0 aliphatic rings. The average molecular weight is 302 g/mol. The highest BCUT2D eigenvalue weighted by atomic mass is 35.5. The van der Waals surface area contributed by atoms with Gasteiger partial charge >= 0.3 is 0 Å². The first-order chi connectivity index (χ1) is 8.97. The van der Waals surface area contributed by atoms with Crippen molar-refractivity contribution in [3.8, 4) is 0 Å². The zero-order valence-electron chi connectivity index (χ0n) is 9.38. The molecule has 2 aromatic rings. The molecule has 0 atom stereocenters. The number of hydrogen-bond donors (Lipinski definition) is 1. The highest BCUT2D eigenvalue weighted by Crippen LogP contribution is 2.25. The summed E-state index contributed by atoms with van der Waals surface area (Å²) >= 11 is 11.4. The van der Waals surface area contributed by atoms with Crippen LogP contribution in [0.5, 0.6) is 0 Å². The molecule has 6 heteroatoms. The van der Waals surface area contributed by atoms with Crippen molar-refractivity contribution >= 4 is 34.8 Å². The molecule has 0 spiro atoms. The number of rotatable bonds is 2. The quantitative estimate of drug-likeness (QED) is 0.812. The highest BCUT2D eigenvalue weighted by Gasteiger charge is 2.14. The third kappa shape index (κ3) is 3.22. The van der Waals surface area contributed by atoms with Crippen LogP contribution in [-0.4, -0.2) is 5.91 Å². The SMILES string of the molecule is O=C(Nc1ccc(F)cc1)c1cc(F)c(Cl)cc1Cl. The minimum atomic E-state index is -0.740. The Hall–Kier alpha value is -1.65. The van der Waals surface area contributed by atoms with Crippen LogP contribution in [-0.2, 0) is 0 Å². The van der Waals surface area contributed by atoms with Gasteiger partial charge < -0.3 is 5.32 Å². The molecule has 0 heterocycles. The molecule has 19 heavy (non-hydrogen) atoms. The minimum absolute atomic E-state index is 0.0333. The summed E-state index contributed by atoms with van der Waals surface area (Å²) in [5.41, 5.74) is 0.325. The molecular weight excluding hydrogens is 295 g/mol. The number of amides is 1. The zero-order valence-corrected chi connectivity index (χ0v) is 10.9. The predicted octanol–water partition coefficient (Wildman–Crippen LogP) is 4.52. The fourth-order valence-corrected chi connectivity index (χ4v) is 1.90. The van der Waals surface area contributed by atoms with E-state index in [-0.39, 0.29) is 15.6 Å². The van der Waals surface area contributed by atoms with Crippen molar-refractivity contribution in [1.29, 1.82) is 0 Å². The first kappa shape index (κ1) is 13.8. The van der Waals surface area contributed by atoms with Gasteiger partial charge in [0.2, 0.25) is 0 Å². The Morgan fingerprint density at radius 1 is 1.00 bits per heavy atom. The van der Waals surface area contributed by atoms with Gasteiger partial charge in [0, 0.05) is 5.69 Å². The van der Waals surface area contributed by atoms with Crippen LogP contribution in [0.4, 0.5) is 14.5 Å². The third-order valence-electron chi connectivity index (χ3n) is 2.36. The lowest BCUT2D eigenvalue weighted by atomic mass is 10.2. The summed E-state index contributed by atoms with van der Waals surface area (Å²) in [6.07, 6.45) is 0. The fraction of sp³-hybridized carbons (Fsp3) is 0. The Balaban J connectivity index is 2.25. The minimum Gasteiger partial charge on any atom is -0.322 e. The Labute approximate surface area is 118 Å². The van der Waals surface area contributed by atoms with Gasteiger partial charge in [-0.3, -0.25) is 4.79 Å². The van der Waals surface area contributed by atoms with E-state index >= 15 is 0 Å². The van der Waals surface area contributed by atoms with Crippen LogP contribution in [0.2, 0.25) is 10.0 Å². The summed E-state index contributed by atoms with van der Waals surface area (Å²) in [4.78, 5) is 11.9. The second-order valence-electron chi connectivity index (χ2n) is 3.71. The van der Waals surface area contributed by atoms with Gasteiger partial charge in [0.05, 0.1) is 15.6 Å². The molecule has 0 saturated heterocycles. The zero-order chi connectivity index (χ0) is 14.0. The van der Waals surface area contributed by atoms with Gasteiger partial charge in [-0.25, -0.2) is 8.78 Å². The number of carbonyl (C=O) groups excluding carboxylic acids is 1. The van der Waals surface area contributed by atoms with Crippen LogP contribution in [0.15, 0.2) is 36.4 Å². The molecular formula is C13H7Cl2F2NO. The second kappa shape index (κ2) is 5.55. The van der Waals surface area contributed by atoms with Gasteiger partial charge in [0.1, 0.15) is 11.6 Å². The van der Waals surface area contributed by atoms with Crippen LogP contribution >= 0.6 is 23.2 Å². The molecule has 1 N–H and O–H groups in total. The summed E-state index contributed by atoms with van der Waals surface area (Å²) < 4.78 is 26.0. The lowest BCUT2D eigenvalue weighted by Gasteiger charge is -2.07. The number of anilines is 1. The van der Waals surface area contributed by atoms with Crippen molar-refractivity contribution < 1.29 is 13.6 Å². The Morgan fingerprint density at radius 2 is 1.63 bits per heavy atom. The normalized spacial score (nSPS) is 10.3. The van der Waals surface area contributed by atoms with Crippen molar-refractivity contribution in [2.24, 2.45) is 0 Å². The van der Waals surface area contributed by atoms with Crippen molar-refractivity contribution in [1.82, 2.24) is 0 Å². The number of benzene rings is 2. The summed E-state index contributed by atoms with van der Waals surface area (Å²) in [7, 11) is 0. The molecule has 0 aromatic heterocycles. The number of halogens is 4. The van der Waals surface area contributed by atoms with E-state index in [2.05, 4.69) is 5.32 Å². The summed E-state index contributed by atoms with van der Waals surface area (Å²) in [6, 6.07) is 7.25. The first-order valence-corrected chi connectivity index (χ1v) is 5.94. The van der Waals surface area contributed by atoms with Gasteiger partial charge in [0.25, 0.3) is 5.91 Å². The maximum Gasteiger partial charge on any atom is 0.257 e. The van der Waals surface area contributed by atoms with Crippen molar-refractivity contribution in [3.63, 3.8) is 0 Å². The van der Waals surface area contributed by atoms with Crippen LogP contribution in [0.1, 0.15) is 10.4 Å². The number of nitrogens with one attached hydrogen (secondary N) is 1. The molecule has 2 aromatic carbocycles. The van der Waals surface area contributed by atoms with E-state index in [4.69, 9.17) is 23.2 Å². The third-order valence-corrected chi connectivity index (χ3v) is 2.96. The van der Waals surface area contributed by atoms with E-state index in [1.165, 1.54) is 24.3 Å². The molecule has 1 amide bonds. The monoisotopic (exact) mass is 301 g/mol. The molecule has 0 bridgehead atoms. The van der Waals surface area contributed by atoms with E-state index in [0.717, 1.165) is 12.1 Å². The standard InChI is InChI=1S/C13H7Cl2F2NO/c14-10-6-11(15)12(17)5-9(10)13(19)18-8-3-1-7(16)2-4-8/h1-6H,(H,18,19). The van der Waals surface area contributed by atoms with Crippen molar-refractivity contribution in [2.45, 2.75) is 0 Å². The topological polar surface area (TPSA) is 29.1 Å². The molecule has 2 nitrogen and oxygen atoms in total. The average Bonchev–Trinajstić information content (AvgIpc) is 2.36. The Morgan fingerprint density at radius 3 is 2.26 bits per heavy atom.